The van der Waals surface area contributed by atoms with Crippen LogP contribution in [-0.4, -0.2) is 61.1 Å². The summed E-state index contributed by atoms with van der Waals surface area (Å²) in [4.78, 5) is 28.6. The van der Waals surface area contributed by atoms with E-state index in [1.165, 1.54) is 23.1 Å². The van der Waals surface area contributed by atoms with E-state index in [2.05, 4.69) is 17.4 Å². The van der Waals surface area contributed by atoms with Crippen molar-refractivity contribution in [3.63, 3.8) is 0 Å². The SMILES string of the molecule is Cc1ccc(CC(=O)N2CCN(C(=O)NCCOc3ccc4c(c3)CCC4)CC2)cc1. The van der Waals surface area contributed by atoms with E-state index in [1.54, 1.807) is 4.90 Å². The Morgan fingerprint density at radius 1 is 0.935 bits per heavy atom. The molecular weight excluding hydrogens is 390 g/mol. The molecule has 2 aromatic rings. The number of nitrogens with one attached hydrogen (secondary N) is 1. The van der Waals surface area contributed by atoms with Crippen LogP contribution in [0.4, 0.5) is 4.79 Å². The Balaban J connectivity index is 1.14. The number of rotatable bonds is 6. The highest BCUT2D eigenvalue weighted by molar-refractivity contribution is 5.79. The average molecular weight is 422 g/mol. The largest absolute Gasteiger partial charge is 0.492 e. The summed E-state index contributed by atoms with van der Waals surface area (Å²) < 4.78 is 5.80. The highest BCUT2D eigenvalue weighted by atomic mass is 16.5. The zero-order valence-corrected chi connectivity index (χ0v) is 18.2. The third-order valence-electron chi connectivity index (χ3n) is 6.11. The Labute approximate surface area is 184 Å². The van der Waals surface area contributed by atoms with Gasteiger partial charge in [0.15, 0.2) is 0 Å². The third-order valence-corrected chi connectivity index (χ3v) is 6.11. The zero-order valence-electron chi connectivity index (χ0n) is 18.2. The quantitative estimate of drug-likeness (QED) is 0.730. The number of benzene rings is 2. The minimum atomic E-state index is -0.0943. The predicted octanol–water partition coefficient (Wildman–Crippen LogP) is 2.96. The van der Waals surface area contributed by atoms with Crippen molar-refractivity contribution in [1.82, 2.24) is 15.1 Å². The molecule has 1 saturated heterocycles. The van der Waals surface area contributed by atoms with E-state index >= 15 is 0 Å². The molecule has 0 saturated carbocycles. The van der Waals surface area contributed by atoms with E-state index in [9.17, 15) is 9.59 Å². The molecule has 0 radical (unpaired) electrons. The van der Waals surface area contributed by atoms with Crippen molar-refractivity contribution in [1.29, 1.82) is 0 Å². The third kappa shape index (κ3) is 5.57. The summed E-state index contributed by atoms with van der Waals surface area (Å²) in [6, 6.07) is 14.2. The minimum Gasteiger partial charge on any atom is -0.492 e. The fraction of sp³-hybridized carbons (Fsp3) is 0.440. The lowest BCUT2D eigenvalue weighted by Gasteiger charge is -2.34. The first kappa shape index (κ1) is 21.2. The Bertz CT molecular complexity index is 918. The van der Waals surface area contributed by atoms with Gasteiger partial charge >= 0.3 is 6.03 Å². The standard InChI is InChI=1S/C25H31N3O3/c1-19-5-7-20(8-6-19)17-24(29)27-12-14-28(15-13-27)25(30)26-11-16-31-23-10-9-21-3-2-4-22(21)18-23/h5-10,18H,2-4,11-17H2,1H3,(H,26,30). The van der Waals surface area contributed by atoms with Crippen LogP contribution in [0.15, 0.2) is 42.5 Å². The van der Waals surface area contributed by atoms with Crippen LogP contribution in [0.25, 0.3) is 0 Å². The summed E-state index contributed by atoms with van der Waals surface area (Å²) in [5.41, 5.74) is 5.03. The summed E-state index contributed by atoms with van der Waals surface area (Å²) in [6.45, 7) is 5.19. The first-order chi connectivity index (χ1) is 15.1. The van der Waals surface area contributed by atoms with E-state index in [0.717, 1.165) is 24.2 Å². The topological polar surface area (TPSA) is 61.9 Å². The number of amides is 3. The van der Waals surface area contributed by atoms with E-state index in [4.69, 9.17) is 4.74 Å². The number of piperazine rings is 1. The molecule has 4 rings (SSSR count). The minimum absolute atomic E-state index is 0.0943. The van der Waals surface area contributed by atoms with Crippen molar-refractivity contribution in [3.8, 4) is 5.75 Å². The number of urea groups is 1. The number of ether oxygens (including phenoxy) is 1. The monoisotopic (exact) mass is 421 g/mol. The maximum absolute atomic E-state index is 12.5. The molecule has 6 heteroatoms. The van der Waals surface area contributed by atoms with Crippen LogP contribution in [0.2, 0.25) is 0 Å². The molecule has 1 N–H and O–H groups in total. The second kappa shape index (κ2) is 9.86. The van der Waals surface area contributed by atoms with E-state index < -0.39 is 0 Å². The Kier molecular flexibility index (Phi) is 6.75. The van der Waals surface area contributed by atoms with Crippen LogP contribution in [0.1, 0.15) is 28.7 Å². The normalized spacial score (nSPS) is 15.5. The molecule has 2 aliphatic rings. The van der Waals surface area contributed by atoms with Crippen molar-refractivity contribution < 1.29 is 14.3 Å². The van der Waals surface area contributed by atoms with Crippen LogP contribution in [0.5, 0.6) is 5.75 Å². The Morgan fingerprint density at radius 3 is 2.42 bits per heavy atom. The molecule has 0 bridgehead atoms. The molecule has 0 atom stereocenters. The van der Waals surface area contributed by atoms with Crippen molar-refractivity contribution in [2.24, 2.45) is 0 Å². The van der Waals surface area contributed by atoms with Crippen LogP contribution in [0.3, 0.4) is 0 Å². The predicted molar refractivity (Wildman–Crippen MR) is 120 cm³/mol. The van der Waals surface area contributed by atoms with Crippen molar-refractivity contribution >= 4 is 11.9 Å². The Hall–Kier alpha value is -3.02. The molecule has 0 spiro atoms. The van der Waals surface area contributed by atoms with Gasteiger partial charge < -0.3 is 19.9 Å². The van der Waals surface area contributed by atoms with Gasteiger partial charge in [0.2, 0.25) is 5.91 Å². The molecule has 31 heavy (non-hydrogen) atoms. The van der Waals surface area contributed by atoms with Crippen molar-refractivity contribution in [3.05, 3.63) is 64.7 Å². The molecule has 1 aliphatic carbocycles. The van der Waals surface area contributed by atoms with E-state index in [-0.39, 0.29) is 11.9 Å². The summed E-state index contributed by atoms with van der Waals surface area (Å²) in [6.07, 6.45) is 3.92. The maximum atomic E-state index is 12.5. The molecule has 0 unspecified atom stereocenters. The van der Waals surface area contributed by atoms with Crippen LogP contribution in [-0.2, 0) is 24.1 Å². The van der Waals surface area contributed by atoms with Crippen molar-refractivity contribution in [2.45, 2.75) is 32.6 Å². The second-order valence-corrected chi connectivity index (χ2v) is 8.39. The molecule has 6 nitrogen and oxygen atoms in total. The number of fused-ring (bicyclic) bond motifs is 1. The van der Waals surface area contributed by atoms with Gasteiger partial charge in [0.25, 0.3) is 0 Å². The summed E-state index contributed by atoms with van der Waals surface area (Å²) >= 11 is 0. The van der Waals surface area contributed by atoms with Gasteiger partial charge in [0.1, 0.15) is 12.4 Å². The van der Waals surface area contributed by atoms with Gasteiger partial charge in [-0.1, -0.05) is 35.9 Å². The molecule has 1 aliphatic heterocycles. The molecule has 164 valence electrons. The highest BCUT2D eigenvalue weighted by Crippen LogP contribution is 2.25. The van der Waals surface area contributed by atoms with Gasteiger partial charge in [0, 0.05) is 26.2 Å². The number of hydrogen-bond acceptors (Lipinski definition) is 3. The molecule has 1 fully saturated rings. The number of aryl methyl sites for hydroxylation is 3. The first-order valence-corrected chi connectivity index (χ1v) is 11.2. The Morgan fingerprint density at radius 2 is 1.65 bits per heavy atom. The smallest absolute Gasteiger partial charge is 0.317 e. The second-order valence-electron chi connectivity index (χ2n) is 8.39. The summed E-state index contributed by atoms with van der Waals surface area (Å²) in [5.74, 6) is 0.988. The molecule has 1 heterocycles. The molecule has 0 aromatic heterocycles. The summed E-state index contributed by atoms with van der Waals surface area (Å²) in [5, 5.41) is 2.92. The summed E-state index contributed by atoms with van der Waals surface area (Å²) in [7, 11) is 0. The zero-order chi connectivity index (χ0) is 21.6. The lowest BCUT2D eigenvalue weighted by Crippen LogP contribution is -2.53. The van der Waals surface area contributed by atoms with Gasteiger partial charge in [0.05, 0.1) is 13.0 Å². The fourth-order valence-electron chi connectivity index (χ4n) is 4.23. The van der Waals surface area contributed by atoms with E-state index in [0.29, 0.717) is 45.8 Å². The van der Waals surface area contributed by atoms with E-state index in [1.807, 2.05) is 42.2 Å². The van der Waals surface area contributed by atoms with Crippen LogP contribution in [0, 0.1) is 6.92 Å². The number of carbonyl (C=O) groups excluding carboxylic acids is 2. The van der Waals surface area contributed by atoms with Gasteiger partial charge in [-0.2, -0.15) is 0 Å². The van der Waals surface area contributed by atoms with Crippen molar-refractivity contribution in [2.75, 3.05) is 39.3 Å². The van der Waals surface area contributed by atoms with Crippen LogP contribution >= 0.6 is 0 Å². The molecular formula is C25H31N3O3. The lowest BCUT2D eigenvalue weighted by atomic mass is 10.1. The molecule has 3 amide bonds. The maximum Gasteiger partial charge on any atom is 0.317 e. The number of hydrogen-bond donors (Lipinski definition) is 1. The molecule has 2 aromatic carbocycles. The highest BCUT2D eigenvalue weighted by Gasteiger charge is 2.24. The fourth-order valence-corrected chi connectivity index (χ4v) is 4.23. The number of nitrogens with zero attached hydrogens (tertiary/aromatic N) is 2. The van der Waals surface area contributed by atoms with Crippen LogP contribution < -0.4 is 10.1 Å². The first-order valence-electron chi connectivity index (χ1n) is 11.2. The van der Waals surface area contributed by atoms with Gasteiger partial charge in [-0.25, -0.2) is 4.79 Å². The van der Waals surface area contributed by atoms with Gasteiger partial charge in [-0.05, 0) is 55.0 Å². The van der Waals surface area contributed by atoms with Gasteiger partial charge in [-0.3, -0.25) is 4.79 Å². The lowest BCUT2D eigenvalue weighted by molar-refractivity contribution is -0.131. The number of carbonyl (C=O) groups is 2. The average Bonchev–Trinajstić information content (AvgIpc) is 3.26. The van der Waals surface area contributed by atoms with Gasteiger partial charge in [-0.15, -0.1) is 0 Å².